The highest BCUT2D eigenvalue weighted by Crippen LogP contribution is 2.40. The SMILES string of the molecule is COc1ccc(N)c(N2c3ccccc3CCC2C)c1. The number of ether oxygens (including phenoxy) is 1. The molecule has 0 aromatic heterocycles. The van der Waals surface area contributed by atoms with Crippen LogP contribution in [0.25, 0.3) is 0 Å². The molecular weight excluding hydrogens is 248 g/mol. The molecule has 1 aliphatic heterocycles. The fourth-order valence-electron chi connectivity index (χ4n) is 2.91. The summed E-state index contributed by atoms with van der Waals surface area (Å²) in [5.74, 6) is 0.837. The molecule has 3 rings (SSSR count). The molecule has 0 bridgehead atoms. The van der Waals surface area contributed by atoms with Gasteiger partial charge < -0.3 is 15.4 Å². The van der Waals surface area contributed by atoms with E-state index in [0.717, 1.165) is 30.0 Å². The zero-order chi connectivity index (χ0) is 14.1. The lowest BCUT2D eigenvalue weighted by atomic mass is 9.95. The summed E-state index contributed by atoms with van der Waals surface area (Å²) >= 11 is 0. The minimum atomic E-state index is 0.430. The molecule has 0 spiro atoms. The molecule has 1 heterocycles. The molecule has 2 aromatic carbocycles. The molecule has 3 heteroatoms. The van der Waals surface area contributed by atoms with E-state index >= 15 is 0 Å². The van der Waals surface area contributed by atoms with E-state index in [9.17, 15) is 0 Å². The summed E-state index contributed by atoms with van der Waals surface area (Å²) in [6.45, 7) is 2.24. The third-order valence-electron chi connectivity index (χ3n) is 4.02. The lowest BCUT2D eigenvalue weighted by Crippen LogP contribution is -2.33. The number of para-hydroxylation sites is 1. The Kier molecular flexibility index (Phi) is 3.26. The van der Waals surface area contributed by atoms with Crippen LogP contribution in [-0.4, -0.2) is 13.2 Å². The van der Waals surface area contributed by atoms with E-state index in [0.29, 0.717) is 6.04 Å². The van der Waals surface area contributed by atoms with E-state index in [1.165, 1.54) is 11.3 Å². The number of hydrogen-bond acceptors (Lipinski definition) is 3. The van der Waals surface area contributed by atoms with E-state index in [2.05, 4.69) is 36.1 Å². The summed E-state index contributed by atoms with van der Waals surface area (Å²) < 4.78 is 5.34. The highest BCUT2D eigenvalue weighted by atomic mass is 16.5. The largest absolute Gasteiger partial charge is 0.497 e. The summed E-state index contributed by atoms with van der Waals surface area (Å²) in [7, 11) is 1.68. The zero-order valence-electron chi connectivity index (χ0n) is 12.0. The molecule has 0 radical (unpaired) electrons. The summed E-state index contributed by atoms with van der Waals surface area (Å²) in [6.07, 6.45) is 2.26. The quantitative estimate of drug-likeness (QED) is 0.843. The van der Waals surface area contributed by atoms with E-state index in [4.69, 9.17) is 10.5 Å². The van der Waals surface area contributed by atoms with Gasteiger partial charge in [-0.1, -0.05) is 18.2 Å². The Labute approximate surface area is 120 Å². The molecule has 1 aliphatic rings. The molecule has 1 atom stereocenters. The van der Waals surface area contributed by atoms with E-state index in [-0.39, 0.29) is 0 Å². The summed E-state index contributed by atoms with van der Waals surface area (Å²) in [5, 5.41) is 0. The summed E-state index contributed by atoms with van der Waals surface area (Å²) in [6, 6.07) is 14.8. The summed E-state index contributed by atoms with van der Waals surface area (Å²) in [4.78, 5) is 2.33. The van der Waals surface area contributed by atoms with Gasteiger partial charge in [-0.2, -0.15) is 0 Å². The number of hydrogen-bond donors (Lipinski definition) is 1. The summed E-state index contributed by atoms with van der Waals surface area (Å²) in [5.41, 5.74) is 10.7. The molecule has 0 amide bonds. The topological polar surface area (TPSA) is 38.5 Å². The van der Waals surface area contributed by atoms with Gasteiger partial charge in [0, 0.05) is 17.8 Å². The highest BCUT2D eigenvalue weighted by Gasteiger charge is 2.25. The van der Waals surface area contributed by atoms with E-state index < -0.39 is 0 Å². The van der Waals surface area contributed by atoms with Gasteiger partial charge in [0.2, 0.25) is 0 Å². The van der Waals surface area contributed by atoms with Crippen LogP contribution in [-0.2, 0) is 6.42 Å². The van der Waals surface area contributed by atoms with Gasteiger partial charge in [-0.3, -0.25) is 0 Å². The van der Waals surface area contributed by atoms with Gasteiger partial charge in [0.1, 0.15) is 5.75 Å². The van der Waals surface area contributed by atoms with Crippen LogP contribution in [0.2, 0.25) is 0 Å². The second-order valence-corrected chi connectivity index (χ2v) is 5.31. The number of anilines is 3. The van der Waals surface area contributed by atoms with Gasteiger partial charge >= 0.3 is 0 Å². The first kappa shape index (κ1) is 12.9. The Balaban J connectivity index is 2.13. The van der Waals surface area contributed by atoms with Crippen molar-refractivity contribution in [1.82, 2.24) is 0 Å². The average Bonchev–Trinajstić information content (AvgIpc) is 2.48. The molecule has 0 aliphatic carbocycles. The zero-order valence-corrected chi connectivity index (χ0v) is 12.0. The van der Waals surface area contributed by atoms with Crippen molar-refractivity contribution in [2.24, 2.45) is 0 Å². The van der Waals surface area contributed by atoms with Gasteiger partial charge in [-0.25, -0.2) is 0 Å². The Morgan fingerprint density at radius 3 is 2.75 bits per heavy atom. The van der Waals surface area contributed by atoms with E-state index in [1.807, 2.05) is 18.2 Å². The van der Waals surface area contributed by atoms with Crippen molar-refractivity contribution in [2.45, 2.75) is 25.8 Å². The normalized spacial score (nSPS) is 17.7. The molecular formula is C17H20N2O. The first-order valence-electron chi connectivity index (χ1n) is 7.01. The monoisotopic (exact) mass is 268 g/mol. The van der Waals surface area contributed by atoms with Crippen molar-refractivity contribution >= 4 is 17.1 Å². The van der Waals surface area contributed by atoms with Crippen LogP contribution in [0.15, 0.2) is 42.5 Å². The molecule has 104 valence electrons. The lowest BCUT2D eigenvalue weighted by Gasteiger charge is -2.37. The molecule has 0 saturated heterocycles. The fourth-order valence-corrected chi connectivity index (χ4v) is 2.91. The van der Waals surface area contributed by atoms with Crippen LogP contribution < -0.4 is 15.4 Å². The van der Waals surface area contributed by atoms with Gasteiger partial charge in [-0.15, -0.1) is 0 Å². The number of methoxy groups -OCH3 is 1. The van der Waals surface area contributed by atoms with E-state index in [1.54, 1.807) is 7.11 Å². The first-order chi connectivity index (χ1) is 9.70. The van der Waals surface area contributed by atoms with Crippen molar-refractivity contribution < 1.29 is 4.74 Å². The third-order valence-corrected chi connectivity index (χ3v) is 4.02. The van der Waals surface area contributed by atoms with Crippen molar-refractivity contribution in [2.75, 3.05) is 17.7 Å². The average molecular weight is 268 g/mol. The van der Waals surface area contributed by atoms with Crippen LogP contribution in [0, 0.1) is 0 Å². The predicted octanol–water partition coefficient (Wildman–Crippen LogP) is 3.75. The number of fused-ring (bicyclic) bond motifs is 1. The number of benzene rings is 2. The number of nitrogens with two attached hydrogens (primary N) is 1. The Bertz CT molecular complexity index is 624. The number of nitrogen functional groups attached to an aromatic ring is 1. The third kappa shape index (κ3) is 2.09. The maximum absolute atomic E-state index is 6.20. The first-order valence-corrected chi connectivity index (χ1v) is 7.01. The van der Waals surface area contributed by atoms with Crippen molar-refractivity contribution in [3.05, 3.63) is 48.0 Å². The lowest BCUT2D eigenvalue weighted by molar-refractivity contribution is 0.415. The van der Waals surface area contributed by atoms with Gasteiger partial charge in [0.25, 0.3) is 0 Å². The standard InChI is InChI=1S/C17H20N2O/c1-12-7-8-13-5-3-4-6-16(13)19(12)17-11-14(20-2)9-10-15(17)18/h3-6,9-12H,7-8,18H2,1-2H3. The molecule has 2 N–H and O–H groups in total. The molecule has 2 aromatic rings. The number of aryl methyl sites for hydroxylation is 1. The van der Waals surface area contributed by atoms with Crippen molar-refractivity contribution in [3.8, 4) is 5.75 Å². The van der Waals surface area contributed by atoms with Crippen LogP contribution >= 0.6 is 0 Å². The second-order valence-electron chi connectivity index (χ2n) is 5.31. The van der Waals surface area contributed by atoms with Crippen LogP contribution in [0.1, 0.15) is 18.9 Å². The minimum absolute atomic E-state index is 0.430. The van der Waals surface area contributed by atoms with Crippen molar-refractivity contribution in [1.29, 1.82) is 0 Å². The van der Waals surface area contributed by atoms with Crippen LogP contribution in [0.5, 0.6) is 5.75 Å². The highest BCUT2D eigenvalue weighted by molar-refractivity contribution is 5.78. The second kappa shape index (κ2) is 5.08. The molecule has 20 heavy (non-hydrogen) atoms. The fraction of sp³-hybridized carbons (Fsp3) is 0.294. The molecule has 0 fully saturated rings. The Morgan fingerprint density at radius 2 is 1.95 bits per heavy atom. The molecule has 0 saturated carbocycles. The molecule has 3 nitrogen and oxygen atoms in total. The minimum Gasteiger partial charge on any atom is -0.497 e. The van der Waals surface area contributed by atoms with Crippen LogP contribution in [0.3, 0.4) is 0 Å². The van der Waals surface area contributed by atoms with Gasteiger partial charge in [0.05, 0.1) is 18.5 Å². The van der Waals surface area contributed by atoms with Gasteiger partial charge in [-0.05, 0) is 43.5 Å². The maximum atomic E-state index is 6.20. The van der Waals surface area contributed by atoms with Crippen LogP contribution in [0.4, 0.5) is 17.1 Å². The predicted molar refractivity (Wildman–Crippen MR) is 83.8 cm³/mol. The maximum Gasteiger partial charge on any atom is 0.121 e. The van der Waals surface area contributed by atoms with Crippen molar-refractivity contribution in [3.63, 3.8) is 0 Å². The Morgan fingerprint density at radius 1 is 1.15 bits per heavy atom. The smallest absolute Gasteiger partial charge is 0.121 e. The number of nitrogens with zero attached hydrogens (tertiary/aromatic N) is 1. The Hall–Kier alpha value is -2.16. The van der Waals surface area contributed by atoms with Gasteiger partial charge in [0.15, 0.2) is 0 Å². The molecule has 1 unspecified atom stereocenters. The number of rotatable bonds is 2.